The molecule has 0 unspecified atom stereocenters. The van der Waals surface area contributed by atoms with Gasteiger partial charge >= 0.3 is 5.97 Å². The fourth-order valence-corrected chi connectivity index (χ4v) is 0.186. The van der Waals surface area contributed by atoms with Crippen molar-refractivity contribution in [1.82, 2.24) is 0 Å². The van der Waals surface area contributed by atoms with Gasteiger partial charge in [-0.25, -0.2) is 4.79 Å². The molecule has 0 spiro atoms. The SMILES string of the molecule is N#CC(=NO)C(=O)ON=O. The van der Waals surface area contributed by atoms with Gasteiger partial charge in [0.15, 0.2) is 5.34 Å². The average Bonchev–Trinajstić information content (AvgIpc) is 1.91. The third kappa shape index (κ3) is 1.87. The lowest BCUT2D eigenvalue weighted by atomic mass is 10.4. The smallest absolute Gasteiger partial charge is 0.401 e. The second kappa shape index (κ2) is 3.96. The van der Waals surface area contributed by atoms with Gasteiger partial charge in [-0.15, -0.1) is 4.91 Å². The molecule has 7 nitrogen and oxygen atoms in total. The van der Waals surface area contributed by atoms with E-state index in [0.717, 1.165) is 6.07 Å². The third-order valence-corrected chi connectivity index (χ3v) is 0.519. The number of oxime groups is 1. The van der Waals surface area contributed by atoms with Gasteiger partial charge in [-0.3, -0.25) is 4.84 Å². The number of hydrogen-bond acceptors (Lipinski definition) is 7. The quantitative estimate of drug-likeness (QED) is 0.244. The molecule has 0 aliphatic rings. The van der Waals surface area contributed by atoms with Gasteiger partial charge in [-0.2, -0.15) is 5.26 Å². The summed E-state index contributed by atoms with van der Waals surface area (Å²) in [6, 6.07) is 1.16. The fourth-order valence-electron chi connectivity index (χ4n) is 0.186. The van der Waals surface area contributed by atoms with E-state index in [1.807, 2.05) is 0 Å². The summed E-state index contributed by atoms with van der Waals surface area (Å²) < 4.78 is 0. The van der Waals surface area contributed by atoms with Crippen LogP contribution in [0.25, 0.3) is 0 Å². The van der Waals surface area contributed by atoms with E-state index in [2.05, 4.69) is 9.99 Å². The molecule has 0 aliphatic carbocycles. The molecule has 0 amide bonds. The monoisotopic (exact) mass is 143 g/mol. The molecule has 0 bridgehead atoms. The van der Waals surface area contributed by atoms with Crippen molar-refractivity contribution in [2.45, 2.75) is 0 Å². The molecule has 7 heteroatoms. The maximum absolute atomic E-state index is 10.2. The Morgan fingerprint density at radius 2 is 2.30 bits per heavy atom. The second-order valence-corrected chi connectivity index (χ2v) is 1.01. The Labute approximate surface area is 54.4 Å². The van der Waals surface area contributed by atoms with Crippen molar-refractivity contribution in [2.75, 3.05) is 0 Å². The van der Waals surface area contributed by atoms with Gasteiger partial charge in [-0.1, -0.05) is 5.16 Å². The normalized spacial score (nSPS) is 9.70. The minimum absolute atomic E-state index is 0.931. The first kappa shape index (κ1) is 8.03. The van der Waals surface area contributed by atoms with Crippen LogP contribution in [0.3, 0.4) is 0 Å². The molecule has 0 rings (SSSR count). The zero-order valence-electron chi connectivity index (χ0n) is 4.51. The Kier molecular flexibility index (Phi) is 3.18. The highest BCUT2D eigenvalue weighted by molar-refractivity contribution is 6.42. The summed E-state index contributed by atoms with van der Waals surface area (Å²) in [4.78, 5) is 22.8. The van der Waals surface area contributed by atoms with Gasteiger partial charge < -0.3 is 5.21 Å². The second-order valence-electron chi connectivity index (χ2n) is 1.01. The summed E-state index contributed by atoms with van der Waals surface area (Å²) in [6.07, 6.45) is 0. The number of carbonyl (C=O) groups excluding carboxylic acids is 1. The maximum Gasteiger partial charge on any atom is 0.401 e. The topological polar surface area (TPSA) is 112 Å². The fraction of sp³-hybridized carbons (Fsp3) is 0. The standard InChI is InChI=1S/C3HN3O4/c4-1-2(5-8)3(7)10-6-9/h8H. The van der Waals surface area contributed by atoms with Crippen molar-refractivity contribution >= 4 is 11.7 Å². The number of rotatable bonds is 2. The summed E-state index contributed by atoms with van der Waals surface area (Å²) in [7, 11) is 0. The predicted molar refractivity (Wildman–Crippen MR) is 26.7 cm³/mol. The van der Waals surface area contributed by atoms with Crippen LogP contribution in [0, 0.1) is 16.2 Å². The molecule has 10 heavy (non-hydrogen) atoms. The van der Waals surface area contributed by atoms with Crippen LogP contribution in [0.5, 0.6) is 0 Å². The van der Waals surface area contributed by atoms with Crippen LogP contribution < -0.4 is 0 Å². The van der Waals surface area contributed by atoms with Gasteiger partial charge in [0.05, 0.1) is 0 Å². The van der Waals surface area contributed by atoms with Gasteiger partial charge in [0, 0.05) is 0 Å². The number of hydrogen-bond donors (Lipinski definition) is 1. The van der Waals surface area contributed by atoms with E-state index >= 15 is 0 Å². The molecule has 0 radical (unpaired) electrons. The van der Waals surface area contributed by atoms with Crippen molar-refractivity contribution in [3.63, 3.8) is 0 Å². The minimum Gasteiger partial charge on any atom is -0.410 e. The van der Waals surface area contributed by atoms with E-state index in [-0.39, 0.29) is 0 Å². The number of carbonyl (C=O) groups is 1. The van der Waals surface area contributed by atoms with E-state index < -0.39 is 11.7 Å². The van der Waals surface area contributed by atoms with Crippen LogP contribution >= 0.6 is 0 Å². The van der Waals surface area contributed by atoms with Crippen molar-refractivity contribution < 1.29 is 14.8 Å². The molecule has 0 atom stereocenters. The molecule has 0 aromatic carbocycles. The molecule has 0 aromatic heterocycles. The lowest BCUT2D eigenvalue weighted by molar-refractivity contribution is -0.135. The maximum atomic E-state index is 10.2. The van der Waals surface area contributed by atoms with E-state index in [1.54, 1.807) is 5.34 Å². The summed E-state index contributed by atoms with van der Waals surface area (Å²) in [5, 5.41) is 19.7. The molecule has 0 aromatic rings. The van der Waals surface area contributed by atoms with Crippen LogP contribution in [-0.4, -0.2) is 16.9 Å². The van der Waals surface area contributed by atoms with E-state index in [1.165, 1.54) is 0 Å². The zero-order valence-corrected chi connectivity index (χ0v) is 4.51. The van der Waals surface area contributed by atoms with Crippen molar-refractivity contribution in [3.8, 4) is 6.07 Å². The Morgan fingerprint density at radius 1 is 1.70 bits per heavy atom. The van der Waals surface area contributed by atoms with Crippen LogP contribution in [0.4, 0.5) is 0 Å². The molecule has 0 saturated carbocycles. The first-order valence-electron chi connectivity index (χ1n) is 1.92. The first-order valence-corrected chi connectivity index (χ1v) is 1.92. The van der Waals surface area contributed by atoms with Crippen molar-refractivity contribution in [3.05, 3.63) is 4.91 Å². The average molecular weight is 143 g/mol. The van der Waals surface area contributed by atoms with Crippen LogP contribution in [0.1, 0.15) is 0 Å². The Morgan fingerprint density at radius 3 is 2.60 bits per heavy atom. The summed E-state index contributed by atoms with van der Waals surface area (Å²) >= 11 is 0. The zero-order chi connectivity index (χ0) is 7.98. The van der Waals surface area contributed by atoms with E-state index in [4.69, 9.17) is 10.5 Å². The van der Waals surface area contributed by atoms with Gasteiger partial charge in [-0.05, 0) is 0 Å². The molecular weight excluding hydrogens is 142 g/mol. The highest BCUT2D eigenvalue weighted by Gasteiger charge is 2.13. The number of nitrogens with zero attached hydrogens (tertiary/aromatic N) is 3. The summed E-state index contributed by atoms with van der Waals surface area (Å²) in [6.45, 7) is 0. The third-order valence-electron chi connectivity index (χ3n) is 0.519. The van der Waals surface area contributed by atoms with Crippen LogP contribution in [0.2, 0.25) is 0 Å². The largest absolute Gasteiger partial charge is 0.410 e. The minimum atomic E-state index is -1.39. The Balaban J connectivity index is 4.21. The molecule has 0 saturated heterocycles. The van der Waals surface area contributed by atoms with Gasteiger partial charge in [0.2, 0.25) is 0 Å². The molecule has 52 valence electrons. The van der Waals surface area contributed by atoms with Crippen molar-refractivity contribution in [2.24, 2.45) is 10.5 Å². The van der Waals surface area contributed by atoms with E-state index in [9.17, 15) is 9.70 Å². The van der Waals surface area contributed by atoms with Gasteiger partial charge in [0.25, 0.3) is 5.71 Å². The molecule has 0 aliphatic heterocycles. The van der Waals surface area contributed by atoms with Crippen molar-refractivity contribution in [1.29, 1.82) is 5.26 Å². The molecule has 0 heterocycles. The Hall–Kier alpha value is -1.97. The lowest BCUT2D eigenvalue weighted by Gasteiger charge is -1.84. The highest BCUT2D eigenvalue weighted by atomic mass is 16.7. The lowest BCUT2D eigenvalue weighted by Crippen LogP contribution is -2.12. The van der Waals surface area contributed by atoms with Crippen LogP contribution in [-0.2, 0) is 9.63 Å². The molecular formula is C3HN3O4. The summed E-state index contributed by atoms with van der Waals surface area (Å²) in [5.74, 6) is -1.39. The predicted octanol–water partition coefficient (Wildman–Crippen LogP) is -0.435. The van der Waals surface area contributed by atoms with Crippen LogP contribution in [0.15, 0.2) is 10.5 Å². The van der Waals surface area contributed by atoms with E-state index in [0.29, 0.717) is 0 Å². The highest BCUT2D eigenvalue weighted by Crippen LogP contribution is 1.82. The first-order chi connectivity index (χ1) is 4.76. The number of nitriles is 1. The summed E-state index contributed by atoms with van der Waals surface area (Å²) in [5.41, 5.74) is -0.931. The van der Waals surface area contributed by atoms with Gasteiger partial charge in [0.1, 0.15) is 6.07 Å². The molecule has 0 fully saturated rings. The molecule has 1 N–H and O–H groups in total. The Bertz CT molecular complexity index is 214.